The molecule has 0 bridgehead atoms. The molecule has 2 aromatic rings. The van der Waals surface area contributed by atoms with Gasteiger partial charge in [0.2, 0.25) is 0 Å². The van der Waals surface area contributed by atoms with Gasteiger partial charge in [0, 0.05) is 25.9 Å². The number of hydrogen-bond donors (Lipinski definition) is 0. The van der Waals surface area contributed by atoms with Gasteiger partial charge in [0.15, 0.2) is 0 Å². The zero-order valence-corrected chi connectivity index (χ0v) is 13.5. The predicted octanol–water partition coefficient (Wildman–Crippen LogP) is 4.11. The van der Waals surface area contributed by atoms with Gasteiger partial charge in [-0.15, -0.1) is 0 Å². The van der Waals surface area contributed by atoms with Crippen molar-refractivity contribution in [1.29, 1.82) is 0 Å². The molecule has 0 saturated heterocycles. The smallest absolute Gasteiger partial charge is 0.261 e. The lowest BCUT2D eigenvalue weighted by Gasteiger charge is -2.18. The van der Waals surface area contributed by atoms with Gasteiger partial charge in [-0.1, -0.05) is 42.5 Å². The maximum absolute atomic E-state index is 7.43. The molecule has 0 N–H and O–H groups in total. The lowest BCUT2D eigenvalue weighted by molar-refractivity contribution is 0.231. The van der Waals surface area contributed by atoms with Crippen molar-refractivity contribution in [2.75, 3.05) is 20.2 Å². The maximum atomic E-state index is 7.43. The van der Waals surface area contributed by atoms with Crippen LogP contribution in [0.25, 0.3) is 4.85 Å². The van der Waals surface area contributed by atoms with E-state index in [-0.39, 0.29) is 5.54 Å². The van der Waals surface area contributed by atoms with E-state index in [0.717, 1.165) is 37.2 Å². The third kappa shape index (κ3) is 3.72. The first-order valence-electron chi connectivity index (χ1n) is 8.07. The van der Waals surface area contributed by atoms with E-state index in [1.165, 1.54) is 5.56 Å². The highest BCUT2D eigenvalue weighted by Gasteiger charge is 2.54. The SMILES string of the molecule is [C-]#[N+]C1(c2ccccc2OCCN(C)Cc2ccccc2)CC1. The molecule has 0 radical (unpaired) electrons. The van der Waals surface area contributed by atoms with Crippen molar-refractivity contribution < 1.29 is 4.74 Å². The Hall–Kier alpha value is -2.31. The molecule has 3 heteroatoms. The predicted molar refractivity (Wildman–Crippen MR) is 92.2 cm³/mol. The highest BCUT2D eigenvalue weighted by atomic mass is 16.5. The van der Waals surface area contributed by atoms with Crippen LogP contribution in [0.15, 0.2) is 54.6 Å². The Balaban J connectivity index is 1.54. The van der Waals surface area contributed by atoms with Crippen LogP contribution in [0.4, 0.5) is 0 Å². The van der Waals surface area contributed by atoms with Gasteiger partial charge in [-0.2, -0.15) is 0 Å². The maximum Gasteiger partial charge on any atom is 0.261 e. The number of benzene rings is 2. The van der Waals surface area contributed by atoms with Crippen molar-refractivity contribution in [3.63, 3.8) is 0 Å². The second-order valence-corrected chi connectivity index (χ2v) is 6.21. The molecule has 1 aliphatic rings. The minimum atomic E-state index is -0.313. The van der Waals surface area contributed by atoms with E-state index in [9.17, 15) is 0 Å². The van der Waals surface area contributed by atoms with Gasteiger partial charge in [0.25, 0.3) is 5.54 Å². The molecule has 118 valence electrons. The van der Waals surface area contributed by atoms with E-state index in [2.05, 4.69) is 41.1 Å². The van der Waals surface area contributed by atoms with Crippen LogP contribution in [-0.4, -0.2) is 25.1 Å². The minimum Gasteiger partial charge on any atom is -0.492 e. The molecule has 1 saturated carbocycles. The summed E-state index contributed by atoms with van der Waals surface area (Å²) in [6, 6.07) is 18.4. The number of likely N-dealkylation sites (N-methyl/N-ethyl adjacent to an activating group) is 1. The summed E-state index contributed by atoms with van der Waals surface area (Å²) in [5.41, 5.74) is 2.05. The second kappa shape index (κ2) is 6.85. The summed E-state index contributed by atoms with van der Waals surface area (Å²) in [5, 5.41) is 0. The van der Waals surface area contributed by atoms with Crippen molar-refractivity contribution in [3.05, 3.63) is 77.1 Å². The first-order valence-corrected chi connectivity index (χ1v) is 8.07. The third-order valence-corrected chi connectivity index (χ3v) is 4.35. The summed E-state index contributed by atoms with van der Waals surface area (Å²) in [5.74, 6) is 0.870. The topological polar surface area (TPSA) is 16.8 Å². The van der Waals surface area contributed by atoms with Gasteiger partial charge in [0.05, 0.1) is 5.56 Å². The van der Waals surface area contributed by atoms with Crippen LogP contribution in [0.3, 0.4) is 0 Å². The molecule has 3 rings (SSSR count). The van der Waals surface area contributed by atoms with E-state index in [4.69, 9.17) is 11.3 Å². The van der Waals surface area contributed by atoms with E-state index < -0.39 is 0 Å². The fourth-order valence-electron chi connectivity index (χ4n) is 2.82. The van der Waals surface area contributed by atoms with Crippen molar-refractivity contribution in [2.24, 2.45) is 0 Å². The average Bonchev–Trinajstić information content (AvgIpc) is 3.37. The quantitative estimate of drug-likeness (QED) is 0.716. The van der Waals surface area contributed by atoms with Crippen LogP contribution < -0.4 is 4.74 Å². The number of para-hydroxylation sites is 1. The molecular weight excluding hydrogens is 284 g/mol. The first-order chi connectivity index (χ1) is 11.2. The summed E-state index contributed by atoms with van der Waals surface area (Å²) in [6.45, 7) is 9.84. The summed E-state index contributed by atoms with van der Waals surface area (Å²) < 4.78 is 5.99. The lowest BCUT2D eigenvalue weighted by atomic mass is 10.0. The summed E-state index contributed by atoms with van der Waals surface area (Å²) in [7, 11) is 2.10. The molecule has 3 nitrogen and oxygen atoms in total. The van der Waals surface area contributed by atoms with Crippen LogP contribution >= 0.6 is 0 Å². The molecule has 23 heavy (non-hydrogen) atoms. The molecule has 0 amide bonds. The highest BCUT2D eigenvalue weighted by molar-refractivity contribution is 5.45. The van der Waals surface area contributed by atoms with Crippen LogP contribution in [-0.2, 0) is 12.1 Å². The fourth-order valence-corrected chi connectivity index (χ4v) is 2.82. The van der Waals surface area contributed by atoms with E-state index in [1.54, 1.807) is 0 Å². The van der Waals surface area contributed by atoms with E-state index in [0.29, 0.717) is 6.61 Å². The van der Waals surface area contributed by atoms with Gasteiger partial charge < -0.3 is 9.58 Å². The van der Waals surface area contributed by atoms with Gasteiger partial charge in [-0.25, -0.2) is 6.57 Å². The molecule has 0 heterocycles. The lowest BCUT2D eigenvalue weighted by Crippen LogP contribution is -2.24. The molecule has 0 aliphatic heterocycles. The van der Waals surface area contributed by atoms with E-state index in [1.807, 2.05) is 30.3 Å². The molecule has 1 fully saturated rings. The number of nitrogens with zero attached hydrogens (tertiary/aromatic N) is 2. The van der Waals surface area contributed by atoms with Crippen molar-refractivity contribution in [1.82, 2.24) is 4.90 Å². The molecule has 1 aliphatic carbocycles. The zero-order valence-electron chi connectivity index (χ0n) is 13.5. The Morgan fingerprint density at radius 1 is 1.09 bits per heavy atom. The minimum absolute atomic E-state index is 0.313. The zero-order chi connectivity index (χ0) is 16.1. The van der Waals surface area contributed by atoms with Crippen molar-refractivity contribution in [3.8, 4) is 5.75 Å². The van der Waals surface area contributed by atoms with Crippen LogP contribution in [0.5, 0.6) is 5.75 Å². The van der Waals surface area contributed by atoms with Gasteiger partial charge in [0.1, 0.15) is 12.4 Å². The molecular formula is C20H22N2O. The Bertz CT molecular complexity index is 686. The second-order valence-electron chi connectivity index (χ2n) is 6.21. The molecule has 0 aromatic heterocycles. The molecule has 0 unspecified atom stereocenters. The number of ether oxygens (including phenoxy) is 1. The van der Waals surface area contributed by atoms with Gasteiger partial charge in [-0.3, -0.25) is 4.90 Å². The normalized spacial score (nSPS) is 15.2. The van der Waals surface area contributed by atoms with Crippen molar-refractivity contribution in [2.45, 2.75) is 24.9 Å². The molecule has 0 atom stereocenters. The Labute approximate surface area is 138 Å². The summed E-state index contributed by atoms with van der Waals surface area (Å²) >= 11 is 0. The standard InChI is InChI=1S/C20H22N2O/c1-21-20(12-13-20)18-10-6-7-11-19(18)23-15-14-22(2)16-17-8-4-3-5-9-17/h3-11H,12-16H2,2H3. The number of rotatable bonds is 7. The Morgan fingerprint density at radius 2 is 1.78 bits per heavy atom. The van der Waals surface area contributed by atoms with Gasteiger partial charge >= 0.3 is 0 Å². The summed E-state index contributed by atoms with van der Waals surface area (Å²) in [6.07, 6.45) is 1.90. The van der Waals surface area contributed by atoms with Crippen molar-refractivity contribution >= 4 is 0 Å². The summed E-state index contributed by atoms with van der Waals surface area (Å²) in [4.78, 5) is 6.07. The van der Waals surface area contributed by atoms with E-state index >= 15 is 0 Å². The average molecular weight is 306 g/mol. The third-order valence-electron chi connectivity index (χ3n) is 4.35. The number of hydrogen-bond acceptors (Lipinski definition) is 2. The Morgan fingerprint density at radius 3 is 2.48 bits per heavy atom. The molecule has 0 spiro atoms. The van der Waals surface area contributed by atoms with Crippen LogP contribution in [0.2, 0.25) is 0 Å². The highest BCUT2D eigenvalue weighted by Crippen LogP contribution is 2.52. The van der Waals surface area contributed by atoms with Crippen LogP contribution in [0, 0.1) is 6.57 Å². The monoisotopic (exact) mass is 306 g/mol. The van der Waals surface area contributed by atoms with Gasteiger partial charge in [-0.05, 0) is 24.7 Å². The molecule has 2 aromatic carbocycles. The first kappa shape index (κ1) is 15.6. The van der Waals surface area contributed by atoms with Crippen LogP contribution in [0.1, 0.15) is 24.0 Å². The largest absolute Gasteiger partial charge is 0.492 e. The Kier molecular flexibility index (Phi) is 4.64. The fraction of sp³-hybridized carbons (Fsp3) is 0.350.